The van der Waals surface area contributed by atoms with Gasteiger partial charge >= 0.3 is 0 Å². The van der Waals surface area contributed by atoms with Gasteiger partial charge in [0.05, 0.1) is 11.6 Å². The number of hydrogen-bond acceptors (Lipinski definition) is 2. The predicted molar refractivity (Wildman–Crippen MR) is 93.5 cm³/mol. The van der Waals surface area contributed by atoms with Crippen molar-refractivity contribution in [3.05, 3.63) is 71.8 Å². The van der Waals surface area contributed by atoms with Gasteiger partial charge in [0.25, 0.3) is 0 Å². The summed E-state index contributed by atoms with van der Waals surface area (Å²) in [6, 6.07) is 21.0. The normalized spacial score (nSPS) is 33.8. The van der Waals surface area contributed by atoms with Crippen LogP contribution in [0, 0.1) is 23.7 Å². The van der Waals surface area contributed by atoms with E-state index in [0.29, 0.717) is 17.8 Å². The summed E-state index contributed by atoms with van der Waals surface area (Å²) in [7, 11) is 0. The first-order valence-electron chi connectivity index (χ1n) is 8.81. The van der Waals surface area contributed by atoms with Crippen LogP contribution in [0.25, 0.3) is 0 Å². The number of nitrogens with zero attached hydrogens (tertiary/aromatic N) is 1. The molecule has 2 aromatic carbocycles. The molecule has 0 radical (unpaired) electrons. The Bertz CT molecular complexity index is 799. The molecule has 5 rings (SSSR count). The second kappa shape index (κ2) is 5.30. The van der Waals surface area contributed by atoms with Crippen LogP contribution in [-0.4, -0.2) is 11.6 Å². The van der Waals surface area contributed by atoms with Crippen LogP contribution in [0.5, 0.6) is 0 Å². The molecule has 2 fully saturated rings. The molecule has 0 unspecified atom stereocenters. The van der Waals surface area contributed by atoms with Crippen molar-refractivity contribution in [1.29, 1.82) is 0 Å². The molecule has 1 aliphatic heterocycles. The third kappa shape index (κ3) is 1.97. The molecule has 120 valence electrons. The summed E-state index contributed by atoms with van der Waals surface area (Å²) in [6.07, 6.45) is 2.32. The van der Waals surface area contributed by atoms with Gasteiger partial charge in [-0.1, -0.05) is 60.7 Å². The fourth-order valence-electron chi connectivity index (χ4n) is 5.33. The molecule has 0 spiro atoms. The van der Waals surface area contributed by atoms with Crippen molar-refractivity contribution >= 4 is 11.6 Å². The number of carbonyl (C=O) groups is 1. The van der Waals surface area contributed by atoms with E-state index >= 15 is 0 Å². The monoisotopic (exact) mass is 316 g/mol. The molecule has 3 heteroatoms. The Morgan fingerprint density at radius 2 is 1.58 bits per heavy atom. The highest BCUT2D eigenvalue weighted by Crippen LogP contribution is 2.60. The number of hydrazone groups is 1. The number of fused-ring (bicyclic) bond motifs is 5. The number of benzene rings is 2. The summed E-state index contributed by atoms with van der Waals surface area (Å²) in [5.41, 5.74) is 6.43. The SMILES string of the molecule is O=C1NN=C(c2ccccc2)[C@@H]2[C@H]3C[C@@H]([C@H]12)[C@H](c1ccccc1)C3. The lowest BCUT2D eigenvalue weighted by molar-refractivity contribution is -0.128. The van der Waals surface area contributed by atoms with Gasteiger partial charge in [-0.2, -0.15) is 5.10 Å². The smallest absolute Gasteiger partial charge is 0.244 e. The van der Waals surface area contributed by atoms with E-state index in [9.17, 15) is 4.79 Å². The Morgan fingerprint density at radius 3 is 2.33 bits per heavy atom. The average Bonchev–Trinajstić information content (AvgIpc) is 3.23. The quantitative estimate of drug-likeness (QED) is 0.904. The molecule has 5 atom stereocenters. The molecule has 0 saturated heterocycles. The van der Waals surface area contributed by atoms with Gasteiger partial charge in [0.15, 0.2) is 0 Å². The van der Waals surface area contributed by atoms with Gasteiger partial charge in [0.2, 0.25) is 5.91 Å². The zero-order valence-electron chi connectivity index (χ0n) is 13.4. The number of nitrogens with one attached hydrogen (secondary N) is 1. The van der Waals surface area contributed by atoms with Crippen LogP contribution in [0.15, 0.2) is 65.8 Å². The van der Waals surface area contributed by atoms with E-state index in [1.54, 1.807) is 0 Å². The summed E-state index contributed by atoms with van der Waals surface area (Å²) in [5.74, 6) is 1.99. The molecule has 3 aliphatic rings. The van der Waals surface area contributed by atoms with Crippen molar-refractivity contribution in [2.75, 3.05) is 0 Å². The van der Waals surface area contributed by atoms with E-state index in [-0.39, 0.29) is 17.7 Å². The van der Waals surface area contributed by atoms with Gasteiger partial charge in [0, 0.05) is 5.92 Å². The molecule has 1 amide bonds. The largest absolute Gasteiger partial charge is 0.273 e. The lowest BCUT2D eigenvalue weighted by atomic mass is 9.68. The van der Waals surface area contributed by atoms with Gasteiger partial charge in [-0.25, -0.2) is 5.43 Å². The van der Waals surface area contributed by atoms with Gasteiger partial charge in [-0.05, 0) is 41.7 Å². The third-order valence-electron chi connectivity index (χ3n) is 6.21. The van der Waals surface area contributed by atoms with Crippen molar-refractivity contribution in [3.63, 3.8) is 0 Å². The highest BCUT2D eigenvalue weighted by molar-refractivity contribution is 6.07. The van der Waals surface area contributed by atoms with Gasteiger partial charge < -0.3 is 0 Å². The molecule has 2 bridgehead atoms. The van der Waals surface area contributed by atoms with Gasteiger partial charge in [0.1, 0.15) is 0 Å². The number of amides is 1. The van der Waals surface area contributed by atoms with Crippen molar-refractivity contribution in [1.82, 2.24) is 5.43 Å². The Hall–Kier alpha value is -2.42. The molecule has 24 heavy (non-hydrogen) atoms. The van der Waals surface area contributed by atoms with Crippen LogP contribution in [0.4, 0.5) is 0 Å². The maximum atomic E-state index is 12.6. The zero-order chi connectivity index (χ0) is 16.1. The lowest BCUT2D eigenvalue weighted by Crippen LogP contribution is -2.46. The van der Waals surface area contributed by atoms with Crippen LogP contribution < -0.4 is 5.43 Å². The lowest BCUT2D eigenvalue weighted by Gasteiger charge is -2.38. The molecule has 2 aromatic rings. The highest BCUT2D eigenvalue weighted by Gasteiger charge is 2.58. The summed E-state index contributed by atoms with van der Waals surface area (Å²) >= 11 is 0. The minimum Gasteiger partial charge on any atom is -0.273 e. The maximum Gasteiger partial charge on any atom is 0.244 e. The maximum absolute atomic E-state index is 12.6. The first kappa shape index (κ1) is 14.0. The third-order valence-corrected chi connectivity index (χ3v) is 6.21. The highest BCUT2D eigenvalue weighted by atomic mass is 16.2. The molecule has 1 heterocycles. The van der Waals surface area contributed by atoms with Gasteiger partial charge in [-0.3, -0.25) is 4.79 Å². The van der Waals surface area contributed by atoms with E-state index in [0.717, 1.165) is 17.7 Å². The first-order valence-corrected chi connectivity index (χ1v) is 8.81. The van der Waals surface area contributed by atoms with E-state index in [4.69, 9.17) is 0 Å². The van der Waals surface area contributed by atoms with E-state index in [1.807, 2.05) is 18.2 Å². The zero-order valence-corrected chi connectivity index (χ0v) is 13.4. The van der Waals surface area contributed by atoms with Crippen molar-refractivity contribution in [2.24, 2.45) is 28.8 Å². The topological polar surface area (TPSA) is 41.5 Å². The van der Waals surface area contributed by atoms with Gasteiger partial charge in [-0.15, -0.1) is 0 Å². The van der Waals surface area contributed by atoms with Crippen molar-refractivity contribution in [2.45, 2.75) is 18.8 Å². The molecule has 1 N–H and O–H groups in total. The summed E-state index contributed by atoms with van der Waals surface area (Å²) in [4.78, 5) is 12.6. The van der Waals surface area contributed by atoms with E-state index < -0.39 is 0 Å². The number of hydrogen-bond donors (Lipinski definition) is 1. The Morgan fingerprint density at radius 1 is 0.875 bits per heavy atom. The second-order valence-corrected chi connectivity index (χ2v) is 7.30. The van der Waals surface area contributed by atoms with E-state index in [1.165, 1.54) is 12.0 Å². The fourth-order valence-corrected chi connectivity index (χ4v) is 5.33. The average molecular weight is 316 g/mol. The summed E-state index contributed by atoms with van der Waals surface area (Å²) < 4.78 is 0. The first-order chi connectivity index (χ1) is 11.8. The van der Waals surface area contributed by atoms with Crippen LogP contribution in [0.1, 0.15) is 29.9 Å². The standard InChI is InChI=1S/C21H20N2O/c24-21-19-17-12-15(11-16(17)13-7-3-1-4-8-13)18(19)20(22-23-21)14-9-5-2-6-10-14/h1-10,15-19H,11-12H2,(H,23,24)/t15-,16+,17-,18-,19+/m1/s1. The Kier molecular flexibility index (Phi) is 3.09. The molecular weight excluding hydrogens is 296 g/mol. The molecule has 3 nitrogen and oxygen atoms in total. The minimum atomic E-state index is 0.0710. The molecule has 2 aliphatic carbocycles. The fraction of sp³-hybridized carbons (Fsp3) is 0.333. The van der Waals surface area contributed by atoms with E-state index in [2.05, 4.69) is 53.0 Å². The van der Waals surface area contributed by atoms with Crippen LogP contribution in [-0.2, 0) is 4.79 Å². The van der Waals surface area contributed by atoms with Crippen LogP contribution >= 0.6 is 0 Å². The van der Waals surface area contributed by atoms with Crippen LogP contribution in [0.2, 0.25) is 0 Å². The Balaban J connectivity index is 1.51. The summed E-state index contributed by atoms with van der Waals surface area (Å²) in [5, 5.41) is 4.46. The van der Waals surface area contributed by atoms with Crippen LogP contribution in [0.3, 0.4) is 0 Å². The second-order valence-electron chi connectivity index (χ2n) is 7.30. The van der Waals surface area contributed by atoms with Crippen molar-refractivity contribution in [3.8, 4) is 0 Å². The molecule has 2 saturated carbocycles. The number of carbonyl (C=O) groups excluding carboxylic acids is 1. The molecule has 0 aromatic heterocycles. The Labute approximate surface area is 141 Å². The van der Waals surface area contributed by atoms with Crippen molar-refractivity contribution < 1.29 is 4.79 Å². The number of rotatable bonds is 2. The summed E-state index contributed by atoms with van der Waals surface area (Å²) in [6.45, 7) is 0. The molecular formula is C21H20N2O. The minimum absolute atomic E-state index is 0.0710. The predicted octanol–water partition coefficient (Wildman–Crippen LogP) is 3.58.